The number of allylic oxidation sites excluding steroid dienone is 2. The smallest absolute Gasteiger partial charge is 0.0797 e. The van der Waals surface area contributed by atoms with Crippen LogP contribution in [0.2, 0.25) is 0 Å². The molecule has 12 heavy (non-hydrogen) atoms. The van der Waals surface area contributed by atoms with Crippen LogP contribution in [0.5, 0.6) is 0 Å². The van der Waals surface area contributed by atoms with Gasteiger partial charge in [-0.25, -0.2) is 0 Å². The van der Waals surface area contributed by atoms with Crippen LogP contribution in [0.1, 0.15) is 25.7 Å². The van der Waals surface area contributed by atoms with E-state index in [1.54, 1.807) is 0 Å². The van der Waals surface area contributed by atoms with Crippen LogP contribution < -0.4 is 0 Å². The first-order valence-corrected chi connectivity index (χ1v) is 4.26. The molecule has 0 heterocycles. The van der Waals surface area contributed by atoms with Crippen LogP contribution in [0.25, 0.3) is 0 Å². The molecular formula is C10H10N2. The first-order chi connectivity index (χ1) is 5.79. The second-order valence-corrected chi connectivity index (χ2v) is 3.77. The molecule has 1 saturated carbocycles. The summed E-state index contributed by atoms with van der Waals surface area (Å²) in [7, 11) is 0. The topological polar surface area (TPSA) is 47.6 Å². The molecule has 2 nitrogen and oxygen atoms in total. The number of hydrogen-bond donors (Lipinski definition) is 0. The van der Waals surface area contributed by atoms with Gasteiger partial charge in [-0.2, -0.15) is 10.5 Å². The first-order valence-electron chi connectivity index (χ1n) is 4.26. The summed E-state index contributed by atoms with van der Waals surface area (Å²) in [5, 5.41) is 18.1. The van der Waals surface area contributed by atoms with Gasteiger partial charge in [-0.15, -0.1) is 0 Å². The van der Waals surface area contributed by atoms with Crippen molar-refractivity contribution in [1.29, 1.82) is 10.5 Å². The maximum Gasteiger partial charge on any atom is 0.0797 e. The normalized spacial score (nSPS) is 43.5. The predicted octanol–water partition coefficient (Wildman–Crippen LogP) is 2.15. The highest BCUT2D eigenvalue weighted by Gasteiger charge is 2.60. The van der Waals surface area contributed by atoms with E-state index in [-0.39, 0.29) is 10.8 Å². The van der Waals surface area contributed by atoms with E-state index in [0.29, 0.717) is 0 Å². The van der Waals surface area contributed by atoms with E-state index in [0.717, 1.165) is 25.7 Å². The van der Waals surface area contributed by atoms with Gasteiger partial charge < -0.3 is 0 Å². The molecule has 2 atom stereocenters. The molecule has 0 amide bonds. The Kier molecular flexibility index (Phi) is 1.30. The van der Waals surface area contributed by atoms with E-state index >= 15 is 0 Å². The van der Waals surface area contributed by atoms with Gasteiger partial charge >= 0.3 is 0 Å². The highest BCUT2D eigenvalue weighted by Crippen LogP contribution is 2.62. The van der Waals surface area contributed by atoms with Crippen LogP contribution in [-0.4, -0.2) is 0 Å². The minimum atomic E-state index is -0.337. The number of nitriles is 2. The summed E-state index contributed by atoms with van der Waals surface area (Å²) in [5.74, 6) is 0. The van der Waals surface area contributed by atoms with Crippen molar-refractivity contribution in [3.05, 3.63) is 12.2 Å². The van der Waals surface area contributed by atoms with Crippen molar-refractivity contribution in [3.8, 4) is 12.1 Å². The minimum absolute atomic E-state index is 0.337. The van der Waals surface area contributed by atoms with Gasteiger partial charge in [0.25, 0.3) is 0 Å². The van der Waals surface area contributed by atoms with Gasteiger partial charge in [0.05, 0.1) is 23.0 Å². The van der Waals surface area contributed by atoms with Gasteiger partial charge in [-0.3, -0.25) is 0 Å². The minimum Gasteiger partial charge on any atom is -0.198 e. The summed E-state index contributed by atoms with van der Waals surface area (Å²) < 4.78 is 0. The zero-order valence-corrected chi connectivity index (χ0v) is 6.88. The molecule has 2 aliphatic rings. The molecule has 0 aliphatic heterocycles. The Morgan fingerprint density at radius 1 is 0.917 bits per heavy atom. The van der Waals surface area contributed by atoms with Crippen LogP contribution in [0.4, 0.5) is 0 Å². The van der Waals surface area contributed by atoms with Crippen LogP contribution in [0.3, 0.4) is 0 Å². The van der Waals surface area contributed by atoms with Crippen LogP contribution in [0, 0.1) is 33.5 Å². The molecule has 0 aromatic heterocycles. The fourth-order valence-electron chi connectivity index (χ4n) is 2.31. The molecule has 1 fully saturated rings. The van der Waals surface area contributed by atoms with Crippen molar-refractivity contribution >= 4 is 0 Å². The van der Waals surface area contributed by atoms with Crippen molar-refractivity contribution < 1.29 is 0 Å². The maximum atomic E-state index is 9.03. The number of hydrogen-bond acceptors (Lipinski definition) is 2. The van der Waals surface area contributed by atoms with Gasteiger partial charge in [0.15, 0.2) is 0 Å². The molecule has 60 valence electrons. The lowest BCUT2D eigenvalue weighted by Crippen LogP contribution is -2.50. The quantitative estimate of drug-likeness (QED) is 0.507. The molecule has 0 N–H and O–H groups in total. The zero-order valence-electron chi connectivity index (χ0n) is 6.88. The predicted molar refractivity (Wildman–Crippen MR) is 43.7 cm³/mol. The Morgan fingerprint density at radius 3 is 1.58 bits per heavy atom. The third kappa shape index (κ3) is 0.588. The monoisotopic (exact) mass is 158 g/mol. The van der Waals surface area contributed by atoms with E-state index in [9.17, 15) is 0 Å². The SMILES string of the molecule is N#CC12CC=CCC1(C#N)CC2. The van der Waals surface area contributed by atoms with E-state index in [1.807, 2.05) is 12.2 Å². The van der Waals surface area contributed by atoms with Crippen LogP contribution >= 0.6 is 0 Å². The van der Waals surface area contributed by atoms with Crippen molar-refractivity contribution in [1.82, 2.24) is 0 Å². The number of fused-ring (bicyclic) bond motifs is 1. The lowest BCUT2D eigenvalue weighted by molar-refractivity contribution is 0.0191. The fourth-order valence-corrected chi connectivity index (χ4v) is 2.31. The summed E-state index contributed by atoms with van der Waals surface area (Å²) in [6.07, 6.45) is 7.44. The Labute approximate surface area is 72.1 Å². The summed E-state index contributed by atoms with van der Waals surface area (Å²) in [4.78, 5) is 0. The van der Waals surface area contributed by atoms with E-state index < -0.39 is 0 Å². The Balaban J connectivity index is 2.42. The highest BCUT2D eigenvalue weighted by molar-refractivity contribution is 5.30. The summed E-state index contributed by atoms with van der Waals surface area (Å²) in [5.41, 5.74) is -0.674. The molecule has 0 aromatic rings. The van der Waals surface area contributed by atoms with Gasteiger partial charge in [0, 0.05) is 0 Å². The zero-order chi connectivity index (χ0) is 8.66. The van der Waals surface area contributed by atoms with E-state index in [1.165, 1.54) is 0 Å². The molecular weight excluding hydrogens is 148 g/mol. The molecule has 2 aliphatic carbocycles. The number of nitrogens with zero attached hydrogens (tertiary/aromatic N) is 2. The van der Waals surface area contributed by atoms with Crippen molar-refractivity contribution in [2.45, 2.75) is 25.7 Å². The van der Waals surface area contributed by atoms with Crippen molar-refractivity contribution in [2.75, 3.05) is 0 Å². The summed E-state index contributed by atoms with van der Waals surface area (Å²) in [6.45, 7) is 0. The van der Waals surface area contributed by atoms with Crippen molar-refractivity contribution in [3.63, 3.8) is 0 Å². The van der Waals surface area contributed by atoms with Crippen LogP contribution in [0.15, 0.2) is 12.2 Å². The van der Waals surface area contributed by atoms with Gasteiger partial charge in [-0.1, -0.05) is 12.2 Å². The third-order valence-electron chi connectivity index (χ3n) is 3.42. The summed E-state index contributed by atoms with van der Waals surface area (Å²) >= 11 is 0. The molecule has 0 aromatic carbocycles. The molecule has 2 heteroatoms. The average molecular weight is 158 g/mol. The molecule has 2 unspecified atom stereocenters. The Morgan fingerprint density at radius 2 is 1.33 bits per heavy atom. The summed E-state index contributed by atoms with van der Waals surface area (Å²) in [6, 6.07) is 4.67. The highest BCUT2D eigenvalue weighted by atomic mass is 14.6. The van der Waals surface area contributed by atoms with Crippen LogP contribution in [-0.2, 0) is 0 Å². The second kappa shape index (κ2) is 2.11. The molecule has 2 rings (SSSR count). The van der Waals surface area contributed by atoms with Gasteiger partial charge in [-0.05, 0) is 25.7 Å². The standard InChI is InChI=1S/C10H10N2/c11-7-9-3-1-2-4-10(9,8-12)6-5-9/h1-2H,3-6H2. The number of rotatable bonds is 0. The van der Waals surface area contributed by atoms with E-state index in [4.69, 9.17) is 10.5 Å². The Bertz CT molecular complexity index is 286. The molecule has 0 bridgehead atoms. The van der Waals surface area contributed by atoms with Gasteiger partial charge in [0.1, 0.15) is 0 Å². The average Bonchev–Trinajstić information content (AvgIpc) is 2.09. The third-order valence-corrected chi connectivity index (χ3v) is 3.42. The second-order valence-electron chi connectivity index (χ2n) is 3.77. The fraction of sp³-hybridized carbons (Fsp3) is 0.600. The molecule has 0 spiro atoms. The Hall–Kier alpha value is -1.28. The van der Waals surface area contributed by atoms with Gasteiger partial charge in [0.2, 0.25) is 0 Å². The van der Waals surface area contributed by atoms with Crippen molar-refractivity contribution in [2.24, 2.45) is 10.8 Å². The molecule has 0 saturated heterocycles. The lowest BCUT2D eigenvalue weighted by atomic mass is 9.46. The molecule has 0 radical (unpaired) electrons. The largest absolute Gasteiger partial charge is 0.198 e. The maximum absolute atomic E-state index is 9.03. The first kappa shape index (κ1) is 7.37. The van der Waals surface area contributed by atoms with E-state index in [2.05, 4.69) is 12.1 Å². The lowest BCUT2D eigenvalue weighted by Gasteiger charge is -2.52.